The second-order valence-electron chi connectivity index (χ2n) is 7.88. The molecule has 0 spiro atoms. The summed E-state index contributed by atoms with van der Waals surface area (Å²) in [7, 11) is 0. The Balaban J connectivity index is 1.82. The quantitative estimate of drug-likeness (QED) is 0.846. The van der Waals surface area contributed by atoms with Crippen LogP contribution in [0.5, 0.6) is 5.75 Å². The second kappa shape index (κ2) is 7.74. The highest BCUT2D eigenvalue weighted by molar-refractivity contribution is 5.75. The van der Waals surface area contributed by atoms with E-state index < -0.39 is 0 Å². The van der Waals surface area contributed by atoms with Crippen LogP contribution >= 0.6 is 0 Å². The van der Waals surface area contributed by atoms with Gasteiger partial charge in [0.1, 0.15) is 5.75 Å². The third kappa shape index (κ3) is 3.75. The standard InChI is InChI=1S/C20H31N3O3/c1-4-26-17-7-5-15(6-8-17)23-14-16-13-20(2,3)18(23)9-11-22(16)19(25)21-10-12-24/h5-8,16,18,24H,4,9-14H2,1-3H3,(H,21,25)/t16?,18-/m1/s1. The Labute approximate surface area is 156 Å². The number of nitrogens with one attached hydrogen (secondary N) is 1. The van der Waals surface area contributed by atoms with Gasteiger partial charge in [-0.2, -0.15) is 0 Å². The topological polar surface area (TPSA) is 65.0 Å². The summed E-state index contributed by atoms with van der Waals surface area (Å²) < 4.78 is 5.56. The molecular weight excluding hydrogens is 330 g/mol. The lowest BCUT2D eigenvalue weighted by atomic mass is 9.74. The lowest BCUT2D eigenvalue weighted by molar-refractivity contribution is 0.145. The van der Waals surface area contributed by atoms with Gasteiger partial charge >= 0.3 is 6.03 Å². The molecule has 1 aromatic rings. The van der Waals surface area contributed by atoms with Gasteiger partial charge in [-0.3, -0.25) is 0 Å². The molecule has 3 saturated heterocycles. The van der Waals surface area contributed by atoms with Crippen molar-refractivity contribution < 1.29 is 14.6 Å². The van der Waals surface area contributed by atoms with E-state index in [-0.39, 0.29) is 24.1 Å². The Morgan fingerprint density at radius 2 is 2.08 bits per heavy atom. The normalized spacial score (nSPS) is 24.3. The van der Waals surface area contributed by atoms with Crippen LogP contribution in [0.2, 0.25) is 0 Å². The van der Waals surface area contributed by atoms with Gasteiger partial charge in [-0.15, -0.1) is 0 Å². The molecular formula is C20H31N3O3. The third-order valence-electron chi connectivity index (χ3n) is 5.66. The Kier molecular flexibility index (Phi) is 5.61. The average molecular weight is 361 g/mol. The van der Waals surface area contributed by atoms with Crippen molar-refractivity contribution in [2.24, 2.45) is 5.41 Å². The van der Waals surface area contributed by atoms with Crippen molar-refractivity contribution in [1.29, 1.82) is 0 Å². The van der Waals surface area contributed by atoms with E-state index in [1.54, 1.807) is 0 Å². The molecule has 2 amide bonds. The van der Waals surface area contributed by atoms with Crippen molar-refractivity contribution in [1.82, 2.24) is 10.2 Å². The number of amides is 2. The number of urea groups is 1. The summed E-state index contributed by atoms with van der Waals surface area (Å²) in [6.45, 7) is 9.13. The molecule has 3 fully saturated rings. The molecule has 3 heterocycles. The summed E-state index contributed by atoms with van der Waals surface area (Å²) in [5, 5.41) is 11.8. The van der Waals surface area contributed by atoms with E-state index >= 15 is 0 Å². The molecule has 2 atom stereocenters. The molecule has 6 heteroatoms. The van der Waals surface area contributed by atoms with Crippen molar-refractivity contribution in [3.63, 3.8) is 0 Å². The van der Waals surface area contributed by atoms with Gasteiger partial charge < -0.3 is 25.0 Å². The minimum atomic E-state index is -0.0611. The van der Waals surface area contributed by atoms with E-state index in [4.69, 9.17) is 9.84 Å². The van der Waals surface area contributed by atoms with E-state index in [0.29, 0.717) is 19.2 Å². The van der Waals surface area contributed by atoms with Gasteiger partial charge in [0, 0.05) is 31.4 Å². The number of anilines is 1. The molecule has 3 aliphatic heterocycles. The number of aliphatic hydroxyl groups is 1. The first-order valence-corrected chi connectivity index (χ1v) is 9.61. The molecule has 1 unspecified atom stereocenters. The van der Waals surface area contributed by atoms with Crippen LogP contribution in [0.3, 0.4) is 0 Å². The number of carbonyl (C=O) groups excluding carboxylic acids is 1. The van der Waals surface area contributed by atoms with Gasteiger partial charge in [-0.25, -0.2) is 4.79 Å². The van der Waals surface area contributed by atoms with Gasteiger partial charge in [0.05, 0.1) is 19.3 Å². The highest BCUT2D eigenvalue weighted by atomic mass is 16.5. The van der Waals surface area contributed by atoms with Crippen LogP contribution in [-0.4, -0.2) is 61.0 Å². The first-order valence-electron chi connectivity index (χ1n) is 9.61. The molecule has 26 heavy (non-hydrogen) atoms. The summed E-state index contributed by atoms with van der Waals surface area (Å²) in [5.74, 6) is 0.889. The first-order chi connectivity index (χ1) is 12.5. The van der Waals surface area contributed by atoms with Crippen LogP contribution in [0.25, 0.3) is 0 Å². The Bertz CT molecular complexity index is 617. The fourth-order valence-electron chi connectivity index (χ4n) is 4.50. The zero-order valence-corrected chi connectivity index (χ0v) is 16.1. The summed E-state index contributed by atoms with van der Waals surface area (Å²) in [5.41, 5.74) is 1.32. The van der Waals surface area contributed by atoms with Crippen molar-refractivity contribution in [2.45, 2.75) is 45.7 Å². The number of hydrogen-bond acceptors (Lipinski definition) is 4. The predicted octanol–water partition coefficient (Wildman–Crippen LogP) is 2.47. The van der Waals surface area contributed by atoms with Gasteiger partial charge in [-0.05, 0) is 49.4 Å². The number of nitrogens with zero attached hydrogens (tertiary/aromatic N) is 2. The number of benzene rings is 1. The molecule has 4 rings (SSSR count). The molecule has 2 N–H and O–H groups in total. The highest BCUT2D eigenvalue weighted by Crippen LogP contribution is 2.43. The Morgan fingerprint density at radius 3 is 2.73 bits per heavy atom. The van der Waals surface area contributed by atoms with E-state index in [2.05, 4.69) is 36.2 Å². The molecule has 3 aliphatic rings. The van der Waals surface area contributed by atoms with Crippen molar-refractivity contribution in [3.8, 4) is 5.75 Å². The van der Waals surface area contributed by atoms with E-state index in [0.717, 1.165) is 31.7 Å². The fourth-order valence-corrected chi connectivity index (χ4v) is 4.50. The number of ether oxygens (including phenoxy) is 1. The minimum absolute atomic E-state index is 0.0311. The van der Waals surface area contributed by atoms with Gasteiger partial charge in [0.25, 0.3) is 0 Å². The number of piperidine rings is 1. The fraction of sp³-hybridized carbons (Fsp3) is 0.650. The highest BCUT2D eigenvalue weighted by Gasteiger charge is 2.47. The third-order valence-corrected chi connectivity index (χ3v) is 5.66. The van der Waals surface area contributed by atoms with Crippen molar-refractivity contribution in [2.75, 3.05) is 37.7 Å². The van der Waals surface area contributed by atoms with Crippen LogP contribution in [0.1, 0.15) is 33.6 Å². The van der Waals surface area contributed by atoms with Crippen LogP contribution < -0.4 is 15.0 Å². The van der Waals surface area contributed by atoms with Crippen LogP contribution in [0.4, 0.5) is 10.5 Å². The molecule has 6 nitrogen and oxygen atoms in total. The predicted molar refractivity (Wildman–Crippen MR) is 103 cm³/mol. The SMILES string of the molecule is CCOc1ccc(N2CC3CC(C)(C)[C@H]2CCN3C(=O)NCCO)cc1. The van der Waals surface area contributed by atoms with Crippen LogP contribution in [0.15, 0.2) is 24.3 Å². The summed E-state index contributed by atoms with van der Waals surface area (Å²) in [6.07, 6.45) is 1.95. The Hall–Kier alpha value is -1.95. The smallest absolute Gasteiger partial charge is 0.317 e. The minimum Gasteiger partial charge on any atom is -0.494 e. The number of hydrogen-bond donors (Lipinski definition) is 2. The molecule has 0 saturated carbocycles. The lowest BCUT2D eigenvalue weighted by Crippen LogP contribution is -2.57. The Morgan fingerprint density at radius 1 is 1.35 bits per heavy atom. The van der Waals surface area contributed by atoms with Gasteiger partial charge in [0.2, 0.25) is 0 Å². The lowest BCUT2D eigenvalue weighted by Gasteiger charge is -2.49. The second-order valence-corrected chi connectivity index (χ2v) is 7.88. The van der Waals surface area contributed by atoms with E-state index in [1.165, 1.54) is 5.69 Å². The average Bonchev–Trinajstić information content (AvgIpc) is 2.87. The zero-order valence-electron chi connectivity index (χ0n) is 16.1. The molecule has 0 radical (unpaired) electrons. The monoisotopic (exact) mass is 361 g/mol. The zero-order chi connectivity index (χ0) is 18.7. The molecule has 0 aromatic heterocycles. The molecule has 1 aromatic carbocycles. The summed E-state index contributed by atoms with van der Waals surface area (Å²) in [6, 6.07) is 8.80. The summed E-state index contributed by atoms with van der Waals surface area (Å²) >= 11 is 0. The van der Waals surface area contributed by atoms with Crippen molar-refractivity contribution in [3.05, 3.63) is 24.3 Å². The number of carbonyl (C=O) groups is 1. The van der Waals surface area contributed by atoms with E-state index in [9.17, 15) is 4.79 Å². The maximum Gasteiger partial charge on any atom is 0.317 e. The molecule has 0 aliphatic carbocycles. The summed E-state index contributed by atoms with van der Waals surface area (Å²) in [4.78, 5) is 17.0. The number of rotatable bonds is 5. The molecule has 144 valence electrons. The van der Waals surface area contributed by atoms with Crippen LogP contribution in [-0.2, 0) is 0 Å². The first kappa shape index (κ1) is 18.8. The molecule has 2 bridgehead atoms. The van der Waals surface area contributed by atoms with Gasteiger partial charge in [-0.1, -0.05) is 13.8 Å². The maximum absolute atomic E-state index is 12.5. The van der Waals surface area contributed by atoms with E-state index in [1.807, 2.05) is 24.0 Å². The van der Waals surface area contributed by atoms with Crippen LogP contribution in [0, 0.1) is 5.41 Å². The number of fused-ring (bicyclic) bond motifs is 4. The number of aliphatic hydroxyl groups excluding tert-OH is 1. The van der Waals surface area contributed by atoms with Crippen molar-refractivity contribution >= 4 is 11.7 Å². The largest absolute Gasteiger partial charge is 0.494 e. The maximum atomic E-state index is 12.5. The van der Waals surface area contributed by atoms with Gasteiger partial charge in [0.15, 0.2) is 0 Å².